The molecule has 28 heavy (non-hydrogen) atoms. The fourth-order valence-electron chi connectivity index (χ4n) is 2.73. The van der Waals surface area contributed by atoms with Crippen LogP contribution in [0.15, 0.2) is 30.9 Å². The van der Waals surface area contributed by atoms with Crippen molar-refractivity contribution in [2.75, 3.05) is 25.6 Å². The Kier molecular flexibility index (Phi) is 7.77. The van der Waals surface area contributed by atoms with E-state index in [0.717, 1.165) is 0 Å². The molecular weight excluding hydrogens is 384 g/mol. The highest BCUT2D eigenvalue weighted by atomic mass is 32.2. The molecule has 1 aromatic rings. The van der Waals surface area contributed by atoms with E-state index in [0.29, 0.717) is 13.0 Å². The van der Waals surface area contributed by atoms with E-state index in [1.165, 1.54) is 50.1 Å². The first kappa shape index (κ1) is 21.6. The second-order valence-corrected chi connectivity index (χ2v) is 7.57. The van der Waals surface area contributed by atoms with E-state index in [1.54, 1.807) is 0 Å². The maximum Gasteiger partial charge on any atom is 0.338 e. The van der Waals surface area contributed by atoms with Gasteiger partial charge in [-0.3, -0.25) is 9.59 Å². The van der Waals surface area contributed by atoms with E-state index in [4.69, 9.17) is 9.47 Å². The number of thioether (sulfide) groups is 1. The number of nitrogens with one attached hydrogen (secondary N) is 2. The van der Waals surface area contributed by atoms with Crippen molar-refractivity contribution in [2.24, 2.45) is 0 Å². The van der Waals surface area contributed by atoms with Crippen LogP contribution in [0.5, 0.6) is 0 Å². The van der Waals surface area contributed by atoms with Crippen LogP contribution in [0.4, 0.5) is 5.69 Å². The van der Waals surface area contributed by atoms with Crippen LogP contribution in [0.3, 0.4) is 0 Å². The highest BCUT2D eigenvalue weighted by Crippen LogP contribution is 2.23. The van der Waals surface area contributed by atoms with Gasteiger partial charge in [0.15, 0.2) is 5.12 Å². The lowest BCUT2D eigenvalue weighted by Crippen LogP contribution is -2.35. The molecule has 0 bridgehead atoms. The molecule has 1 aliphatic heterocycles. The molecule has 0 aliphatic carbocycles. The Bertz CT molecular complexity index is 795. The van der Waals surface area contributed by atoms with Gasteiger partial charge in [-0.05, 0) is 24.6 Å². The summed E-state index contributed by atoms with van der Waals surface area (Å²) in [6, 6.07) is 3.70. The van der Waals surface area contributed by atoms with Crippen LogP contribution < -0.4 is 10.6 Å². The van der Waals surface area contributed by atoms with Gasteiger partial charge in [-0.1, -0.05) is 24.4 Å². The summed E-state index contributed by atoms with van der Waals surface area (Å²) in [6.07, 6.45) is 1.92. The third kappa shape index (κ3) is 5.93. The zero-order chi connectivity index (χ0) is 20.7. The molecule has 0 spiro atoms. The molecule has 1 saturated heterocycles. The lowest BCUT2D eigenvalue weighted by atomic mass is 10.1. The van der Waals surface area contributed by atoms with Gasteiger partial charge in [-0.25, -0.2) is 9.59 Å². The lowest BCUT2D eigenvalue weighted by molar-refractivity contribution is -0.117. The molecular formula is C19H22N2O6S. The third-order valence-corrected chi connectivity index (χ3v) is 4.95. The lowest BCUT2D eigenvalue weighted by Gasteiger charge is -2.13. The van der Waals surface area contributed by atoms with Gasteiger partial charge in [-0.2, -0.15) is 0 Å². The van der Waals surface area contributed by atoms with Crippen molar-refractivity contribution >= 4 is 40.4 Å². The average molecular weight is 406 g/mol. The molecule has 2 rings (SSSR count). The highest BCUT2D eigenvalue weighted by Gasteiger charge is 2.30. The van der Waals surface area contributed by atoms with Crippen molar-refractivity contribution < 1.29 is 28.7 Å². The van der Waals surface area contributed by atoms with Crippen LogP contribution in [-0.4, -0.2) is 54.5 Å². The molecule has 0 saturated carbocycles. The number of benzene rings is 1. The Morgan fingerprint density at radius 3 is 2.54 bits per heavy atom. The van der Waals surface area contributed by atoms with Gasteiger partial charge in [0.2, 0.25) is 5.91 Å². The van der Waals surface area contributed by atoms with Crippen molar-refractivity contribution in [3.63, 3.8) is 0 Å². The van der Waals surface area contributed by atoms with Crippen LogP contribution in [0.2, 0.25) is 0 Å². The molecule has 1 amide bonds. The van der Waals surface area contributed by atoms with E-state index < -0.39 is 18.0 Å². The molecule has 150 valence electrons. The maximum absolute atomic E-state index is 12.5. The Morgan fingerprint density at radius 1 is 1.25 bits per heavy atom. The smallest absolute Gasteiger partial charge is 0.338 e. The van der Waals surface area contributed by atoms with E-state index in [2.05, 4.69) is 17.2 Å². The number of rotatable bonds is 7. The van der Waals surface area contributed by atoms with Gasteiger partial charge in [0, 0.05) is 24.4 Å². The Labute approximate surface area is 167 Å². The zero-order valence-corrected chi connectivity index (χ0v) is 16.5. The number of anilines is 1. The molecule has 1 aromatic carbocycles. The minimum atomic E-state index is -0.655. The summed E-state index contributed by atoms with van der Waals surface area (Å²) in [4.78, 5) is 47.8. The SMILES string of the molecule is C=CCOC(=O)c1cc(NC(=O)[C@@H]2CC(SC(C)=O)CN2)cc(C(=O)OC)c1. The van der Waals surface area contributed by atoms with E-state index >= 15 is 0 Å². The fourth-order valence-corrected chi connectivity index (χ4v) is 3.67. The average Bonchev–Trinajstić information content (AvgIpc) is 3.13. The molecule has 1 heterocycles. The molecule has 0 aromatic heterocycles. The Hall–Kier alpha value is -2.65. The van der Waals surface area contributed by atoms with Crippen molar-refractivity contribution in [3.8, 4) is 0 Å². The van der Waals surface area contributed by atoms with Crippen LogP contribution in [-0.2, 0) is 19.1 Å². The zero-order valence-electron chi connectivity index (χ0n) is 15.7. The summed E-state index contributed by atoms with van der Waals surface area (Å²) in [5, 5.41) is 5.79. The molecule has 1 unspecified atom stereocenters. The van der Waals surface area contributed by atoms with Gasteiger partial charge in [0.25, 0.3) is 0 Å². The number of amides is 1. The van der Waals surface area contributed by atoms with E-state index in [1.807, 2.05) is 0 Å². The van der Waals surface area contributed by atoms with Crippen LogP contribution in [0.25, 0.3) is 0 Å². The fraction of sp³-hybridized carbons (Fsp3) is 0.368. The minimum Gasteiger partial charge on any atom is -0.465 e. The monoisotopic (exact) mass is 406 g/mol. The van der Waals surface area contributed by atoms with Crippen molar-refractivity contribution in [3.05, 3.63) is 42.0 Å². The second kappa shape index (κ2) is 10.0. The van der Waals surface area contributed by atoms with Gasteiger partial charge in [-0.15, -0.1) is 0 Å². The minimum absolute atomic E-state index is 0.00122. The van der Waals surface area contributed by atoms with Gasteiger partial charge in [0.1, 0.15) is 6.61 Å². The summed E-state index contributed by atoms with van der Waals surface area (Å²) < 4.78 is 9.68. The highest BCUT2D eigenvalue weighted by molar-refractivity contribution is 8.14. The number of carbonyl (C=O) groups is 4. The predicted octanol–water partition coefficient (Wildman–Crippen LogP) is 1.76. The molecule has 9 heteroatoms. The van der Waals surface area contributed by atoms with Crippen molar-refractivity contribution in [1.29, 1.82) is 0 Å². The summed E-state index contributed by atoms with van der Waals surface area (Å²) in [5.41, 5.74) is 0.475. The van der Waals surface area contributed by atoms with Gasteiger partial charge >= 0.3 is 11.9 Å². The largest absolute Gasteiger partial charge is 0.465 e. The van der Waals surface area contributed by atoms with Crippen LogP contribution in [0.1, 0.15) is 34.1 Å². The number of methoxy groups -OCH3 is 1. The quantitative estimate of drug-likeness (QED) is 0.521. The first-order chi connectivity index (χ1) is 13.3. The molecule has 2 atom stereocenters. The molecule has 2 N–H and O–H groups in total. The normalized spacial score (nSPS) is 18.2. The molecule has 1 fully saturated rings. The molecule has 1 aliphatic rings. The maximum atomic E-state index is 12.5. The number of carbonyl (C=O) groups excluding carboxylic acids is 4. The van der Waals surface area contributed by atoms with E-state index in [-0.39, 0.29) is 39.7 Å². The molecule has 0 radical (unpaired) electrons. The number of hydrogen-bond donors (Lipinski definition) is 2. The van der Waals surface area contributed by atoms with Crippen molar-refractivity contribution in [1.82, 2.24) is 5.32 Å². The number of ether oxygens (including phenoxy) is 2. The summed E-state index contributed by atoms with van der Waals surface area (Å²) >= 11 is 1.20. The standard InChI is InChI=1S/C19H22N2O6S/c1-4-5-27-19(25)13-6-12(18(24)26-3)7-14(8-13)21-17(23)16-9-15(10-20-16)28-11(2)22/h4,6-8,15-16,20H,1,5,9-10H2,2-3H3,(H,21,23)/t15?,16-/m0/s1. The topological polar surface area (TPSA) is 111 Å². The third-order valence-electron chi connectivity index (χ3n) is 3.93. The number of esters is 2. The van der Waals surface area contributed by atoms with E-state index in [9.17, 15) is 19.2 Å². The predicted molar refractivity (Wildman–Crippen MR) is 105 cm³/mol. The summed E-state index contributed by atoms with van der Waals surface area (Å²) in [6.45, 7) is 5.53. The summed E-state index contributed by atoms with van der Waals surface area (Å²) in [7, 11) is 1.22. The second-order valence-electron chi connectivity index (χ2n) is 6.09. The summed E-state index contributed by atoms with van der Waals surface area (Å²) in [5.74, 6) is -1.62. The number of hydrogen-bond acceptors (Lipinski definition) is 8. The molecule has 8 nitrogen and oxygen atoms in total. The first-order valence-electron chi connectivity index (χ1n) is 8.57. The van der Waals surface area contributed by atoms with Crippen molar-refractivity contribution in [2.45, 2.75) is 24.6 Å². The Morgan fingerprint density at radius 2 is 1.93 bits per heavy atom. The van der Waals surface area contributed by atoms with Crippen LogP contribution >= 0.6 is 11.8 Å². The van der Waals surface area contributed by atoms with Gasteiger partial charge < -0.3 is 20.1 Å². The first-order valence-corrected chi connectivity index (χ1v) is 9.45. The Balaban J connectivity index is 2.16. The van der Waals surface area contributed by atoms with Crippen LogP contribution in [0, 0.1) is 0 Å². The van der Waals surface area contributed by atoms with Gasteiger partial charge in [0.05, 0.1) is 24.3 Å².